The van der Waals surface area contributed by atoms with Gasteiger partial charge in [-0.1, -0.05) is 0 Å². The van der Waals surface area contributed by atoms with Crippen molar-refractivity contribution in [3.8, 4) is 0 Å². The van der Waals surface area contributed by atoms with E-state index in [1.807, 2.05) is 0 Å². The van der Waals surface area contributed by atoms with E-state index in [9.17, 15) is 26.0 Å². The number of benzene rings is 1. The van der Waals surface area contributed by atoms with Crippen LogP contribution in [0.15, 0.2) is 21.4 Å². The number of hydrogen-bond donors (Lipinski definition) is 2. The first-order valence-electron chi connectivity index (χ1n) is 8.69. The van der Waals surface area contributed by atoms with Crippen molar-refractivity contribution < 1.29 is 26.0 Å². The molecule has 3 heterocycles. The van der Waals surface area contributed by atoms with Crippen LogP contribution < -0.4 is 15.5 Å². The van der Waals surface area contributed by atoms with E-state index in [2.05, 4.69) is 15.0 Å². The Kier molecular flexibility index (Phi) is 3.41. The van der Waals surface area contributed by atoms with Gasteiger partial charge in [-0.3, -0.25) is 0 Å². The normalized spacial score (nSPS) is 31.5. The summed E-state index contributed by atoms with van der Waals surface area (Å²) in [6.45, 7) is 0.332. The third-order valence-electron chi connectivity index (χ3n) is 5.59. The number of halogens is 4. The Morgan fingerprint density at radius 3 is 2.63 bits per heavy atom. The van der Waals surface area contributed by atoms with Gasteiger partial charge in [-0.2, -0.15) is 21.6 Å². The molecular formula is C16H16F4N4O2S. The van der Waals surface area contributed by atoms with E-state index in [1.54, 1.807) is 0 Å². The molecule has 27 heavy (non-hydrogen) atoms. The average molecular weight is 404 g/mol. The molecule has 4 aliphatic rings. The summed E-state index contributed by atoms with van der Waals surface area (Å²) in [6, 6.07) is -1.33. The molecule has 1 saturated carbocycles. The summed E-state index contributed by atoms with van der Waals surface area (Å²) < 4.78 is 84.1. The molecule has 0 amide bonds. The van der Waals surface area contributed by atoms with Crippen molar-refractivity contribution >= 4 is 27.2 Å². The highest BCUT2D eigenvalue weighted by atomic mass is 32.2. The number of alkyl halides is 3. The Bertz CT molecular complexity index is 958. The Morgan fingerprint density at radius 1 is 1.22 bits per heavy atom. The third kappa shape index (κ3) is 2.62. The van der Waals surface area contributed by atoms with Crippen LogP contribution in [0.4, 0.5) is 28.9 Å². The number of nitrogens with zero attached hydrogens (tertiary/aromatic N) is 2. The first-order chi connectivity index (χ1) is 12.6. The second kappa shape index (κ2) is 5.34. The zero-order valence-corrected chi connectivity index (χ0v) is 14.7. The monoisotopic (exact) mass is 404 g/mol. The largest absolute Gasteiger partial charge is 0.410 e. The SMILES string of the molecule is O=S1(=O)N=C(C2CC2)Nc2c(N3[C@H]4CN[C@H](C4)[C@@H]3C(F)(F)F)cc(F)cc21. The van der Waals surface area contributed by atoms with Gasteiger partial charge in [0.05, 0.1) is 11.4 Å². The fourth-order valence-corrected chi connectivity index (χ4v) is 5.54. The predicted octanol–water partition coefficient (Wildman–Crippen LogP) is 2.23. The molecule has 1 aromatic rings. The number of amidine groups is 1. The summed E-state index contributed by atoms with van der Waals surface area (Å²) in [6.07, 6.45) is -2.74. The Balaban J connectivity index is 1.68. The number of piperazine rings is 1. The van der Waals surface area contributed by atoms with Crippen molar-refractivity contribution in [2.45, 2.75) is 48.5 Å². The Morgan fingerprint density at radius 2 is 1.96 bits per heavy atom. The maximum atomic E-state index is 14.2. The van der Waals surface area contributed by atoms with E-state index in [4.69, 9.17) is 0 Å². The van der Waals surface area contributed by atoms with Crippen LogP contribution in [0, 0.1) is 11.7 Å². The first kappa shape index (κ1) is 17.2. The van der Waals surface area contributed by atoms with Crippen LogP contribution in [-0.2, 0) is 10.0 Å². The van der Waals surface area contributed by atoms with Crippen LogP contribution >= 0.6 is 0 Å². The van der Waals surface area contributed by atoms with Crippen molar-refractivity contribution in [3.63, 3.8) is 0 Å². The quantitative estimate of drug-likeness (QED) is 0.740. The predicted molar refractivity (Wildman–Crippen MR) is 89.9 cm³/mol. The molecule has 2 saturated heterocycles. The van der Waals surface area contributed by atoms with Crippen LogP contribution in [0.5, 0.6) is 0 Å². The molecule has 1 aliphatic carbocycles. The number of hydrogen-bond acceptors (Lipinski definition) is 5. The molecule has 0 spiro atoms. The topological polar surface area (TPSA) is 73.8 Å². The maximum Gasteiger partial charge on any atom is 0.410 e. The van der Waals surface area contributed by atoms with Crippen molar-refractivity contribution in [2.75, 3.05) is 16.8 Å². The third-order valence-corrected chi connectivity index (χ3v) is 6.90. The fourth-order valence-electron chi connectivity index (χ4n) is 4.32. The van der Waals surface area contributed by atoms with Gasteiger partial charge in [0.2, 0.25) is 0 Å². The second-order valence-electron chi connectivity index (χ2n) is 7.45. The summed E-state index contributed by atoms with van der Waals surface area (Å²) in [5.41, 5.74) is -0.0759. The lowest BCUT2D eigenvalue weighted by molar-refractivity contribution is -0.152. The van der Waals surface area contributed by atoms with Gasteiger partial charge in [-0.05, 0) is 31.4 Å². The summed E-state index contributed by atoms with van der Waals surface area (Å²) in [5, 5.41) is 5.74. The van der Waals surface area contributed by atoms with Gasteiger partial charge in [0.25, 0.3) is 10.0 Å². The van der Waals surface area contributed by atoms with Gasteiger partial charge in [0.15, 0.2) is 0 Å². The molecule has 3 aliphatic heterocycles. The molecule has 0 unspecified atom stereocenters. The zero-order valence-electron chi connectivity index (χ0n) is 13.9. The summed E-state index contributed by atoms with van der Waals surface area (Å²) in [7, 11) is -4.17. The van der Waals surface area contributed by atoms with Crippen molar-refractivity contribution in [1.29, 1.82) is 0 Å². The van der Waals surface area contributed by atoms with E-state index in [0.717, 1.165) is 29.9 Å². The van der Waals surface area contributed by atoms with Crippen LogP contribution in [-0.4, -0.2) is 45.1 Å². The van der Waals surface area contributed by atoms with Gasteiger partial charge in [0.1, 0.15) is 22.6 Å². The Labute approximate surface area is 152 Å². The summed E-state index contributed by atoms with van der Waals surface area (Å²) in [5.74, 6) is -0.738. The smallest absolute Gasteiger partial charge is 0.352 e. The van der Waals surface area contributed by atoms with E-state index >= 15 is 0 Å². The van der Waals surface area contributed by atoms with Crippen LogP contribution in [0.25, 0.3) is 0 Å². The number of nitrogens with one attached hydrogen (secondary N) is 2. The first-order valence-corrected chi connectivity index (χ1v) is 10.1. The molecule has 11 heteroatoms. The molecule has 146 valence electrons. The minimum atomic E-state index is -4.53. The maximum absolute atomic E-state index is 14.2. The van der Waals surface area contributed by atoms with Crippen LogP contribution in [0.3, 0.4) is 0 Å². The fraction of sp³-hybridized carbons (Fsp3) is 0.562. The van der Waals surface area contributed by atoms with Crippen molar-refractivity contribution in [3.05, 3.63) is 17.9 Å². The minimum absolute atomic E-state index is 0.00454. The lowest BCUT2D eigenvalue weighted by atomic mass is 10.1. The van der Waals surface area contributed by atoms with E-state index in [1.165, 1.54) is 0 Å². The van der Waals surface area contributed by atoms with Gasteiger partial charge in [-0.15, -0.1) is 4.40 Å². The van der Waals surface area contributed by atoms with E-state index in [0.29, 0.717) is 6.54 Å². The standard InChI is InChI=1S/C16H16F4N4O2S/c17-8-3-11(24-9-5-10(21-6-9)14(24)16(18,19)20)13-12(4-8)27(25,26)23-15(22-13)7-1-2-7/h3-4,7,9-10,14,21H,1-2,5-6H2,(H,22,23)/t9-,10-,14-/m1/s1. The number of fused-ring (bicyclic) bond motifs is 3. The van der Waals surface area contributed by atoms with E-state index in [-0.39, 0.29) is 29.5 Å². The highest BCUT2D eigenvalue weighted by molar-refractivity contribution is 7.90. The summed E-state index contributed by atoms with van der Waals surface area (Å²) in [4.78, 5) is 0.708. The van der Waals surface area contributed by atoms with Crippen molar-refractivity contribution in [2.24, 2.45) is 10.3 Å². The van der Waals surface area contributed by atoms with Gasteiger partial charge in [-0.25, -0.2) is 4.39 Å². The average Bonchev–Trinajstić information content (AvgIpc) is 3.21. The molecule has 2 N–H and O–H groups in total. The molecule has 0 aromatic heterocycles. The molecule has 0 radical (unpaired) electrons. The highest BCUT2D eigenvalue weighted by Crippen LogP contribution is 2.48. The van der Waals surface area contributed by atoms with Crippen LogP contribution in [0.2, 0.25) is 0 Å². The van der Waals surface area contributed by atoms with Crippen LogP contribution in [0.1, 0.15) is 19.3 Å². The minimum Gasteiger partial charge on any atom is -0.352 e. The highest BCUT2D eigenvalue weighted by Gasteiger charge is 2.58. The van der Waals surface area contributed by atoms with E-state index < -0.39 is 45.0 Å². The molecular weight excluding hydrogens is 388 g/mol. The molecule has 5 rings (SSSR count). The molecule has 6 nitrogen and oxygen atoms in total. The van der Waals surface area contributed by atoms with Gasteiger partial charge >= 0.3 is 6.18 Å². The molecule has 3 atom stereocenters. The molecule has 2 bridgehead atoms. The van der Waals surface area contributed by atoms with Gasteiger partial charge < -0.3 is 15.5 Å². The number of anilines is 2. The Hall–Kier alpha value is -1.88. The second-order valence-corrected chi connectivity index (χ2v) is 9.02. The van der Waals surface area contributed by atoms with Gasteiger partial charge in [0, 0.05) is 24.5 Å². The lowest BCUT2D eigenvalue weighted by Gasteiger charge is -2.40. The molecule has 1 aromatic carbocycles. The zero-order chi connectivity index (χ0) is 19.1. The number of rotatable bonds is 2. The lowest BCUT2D eigenvalue weighted by Crippen LogP contribution is -2.58. The molecule has 3 fully saturated rings. The summed E-state index contributed by atoms with van der Waals surface area (Å²) >= 11 is 0. The number of sulfonamides is 1. The van der Waals surface area contributed by atoms with Crippen molar-refractivity contribution in [1.82, 2.24) is 5.32 Å².